The van der Waals surface area contributed by atoms with E-state index in [1.165, 1.54) is 12.0 Å². The summed E-state index contributed by atoms with van der Waals surface area (Å²) < 4.78 is 5.79. The number of phenolic OH excluding ortho intramolecular Hbond substituents is 1. The van der Waals surface area contributed by atoms with Gasteiger partial charge in [-0.05, 0) is 57.3 Å². The van der Waals surface area contributed by atoms with Crippen molar-refractivity contribution >= 4 is 34.0 Å². The number of aliphatic hydroxyl groups excluding tert-OH is 2. The Balaban J connectivity index is 1.54. The van der Waals surface area contributed by atoms with Crippen LogP contribution >= 0.6 is 0 Å². The Hall–Kier alpha value is -3.93. The van der Waals surface area contributed by atoms with Crippen molar-refractivity contribution < 1.29 is 39.5 Å². The van der Waals surface area contributed by atoms with Crippen LogP contribution in [0.5, 0.6) is 11.5 Å². The fourth-order valence-corrected chi connectivity index (χ4v) is 7.01. The molecular formula is C30H33N3O8. The Morgan fingerprint density at radius 3 is 2.49 bits per heavy atom. The molecule has 0 unspecified atom stereocenters. The van der Waals surface area contributed by atoms with Gasteiger partial charge in [-0.15, -0.1) is 0 Å². The minimum atomic E-state index is -2.68. The van der Waals surface area contributed by atoms with Crippen LogP contribution < -0.4 is 15.8 Å². The van der Waals surface area contributed by atoms with Crippen LogP contribution in [-0.4, -0.2) is 81.7 Å². The minimum Gasteiger partial charge on any atom is -0.508 e. The molecule has 7 N–H and O–H groups in total. The van der Waals surface area contributed by atoms with Crippen molar-refractivity contribution in [2.45, 2.75) is 49.9 Å². The van der Waals surface area contributed by atoms with E-state index in [9.17, 15) is 34.8 Å². The lowest BCUT2D eigenvalue weighted by atomic mass is 9.57. The van der Waals surface area contributed by atoms with Crippen LogP contribution in [0.15, 0.2) is 35.1 Å². The number of nitrogens with one attached hydrogen (secondary N) is 1. The number of benzene rings is 2. The molecule has 1 amide bonds. The van der Waals surface area contributed by atoms with Gasteiger partial charge in [0.05, 0.1) is 18.7 Å². The van der Waals surface area contributed by atoms with Gasteiger partial charge in [0.2, 0.25) is 5.78 Å². The predicted molar refractivity (Wildman–Crippen MR) is 148 cm³/mol. The minimum absolute atomic E-state index is 0.0120. The van der Waals surface area contributed by atoms with Crippen molar-refractivity contribution in [1.82, 2.24) is 10.2 Å². The molecule has 2 aromatic carbocycles. The lowest BCUT2D eigenvalue weighted by Gasteiger charge is -2.50. The van der Waals surface area contributed by atoms with Crippen LogP contribution in [0.1, 0.15) is 36.0 Å². The molecule has 0 radical (unpaired) electrons. The molecule has 2 saturated carbocycles. The van der Waals surface area contributed by atoms with E-state index in [0.717, 1.165) is 18.4 Å². The lowest BCUT2D eigenvalue weighted by molar-refractivity contribution is -0.153. The Bertz CT molecular complexity index is 1600. The molecule has 0 aromatic heterocycles. The normalized spacial score (nSPS) is 27.7. The number of likely N-dealkylation sites (N-methyl/N-ethyl adjacent to an activating group) is 1. The molecule has 11 heteroatoms. The molecule has 6 rings (SSSR count). The number of ketones is 2. The van der Waals surface area contributed by atoms with Crippen molar-refractivity contribution in [2.75, 3.05) is 21.2 Å². The number of amides is 1. The summed E-state index contributed by atoms with van der Waals surface area (Å²) >= 11 is 0. The topological polar surface area (TPSA) is 183 Å². The zero-order chi connectivity index (χ0) is 29.5. The fourth-order valence-electron chi connectivity index (χ4n) is 7.01. The number of aliphatic hydroxyl groups is 3. The van der Waals surface area contributed by atoms with E-state index < -0.39 is 58.0 Å². The number of nitrogens with two attached hydrogens (primary N) is 1. The molecule has 0 aliphatic heterocycles. The van der Waals surface area contributed by atoms with Crippen LogP contribution in [-0.2, 0) is 27.3 Å². The maximum atomic E-state index is 14.1. The van der Waals surface area contributed by atoms with Gasteiger partial charge in [0, 0.05) is 40.4 Å². The lowest BCUT2D eigenvalue weighted by Crippen LogP contribution is -2.65. The summed E-state index contributed by atoms with van der Waals surface area (Å²) in [5, 5.41) is 50.3. The number of rotatable bonds is 6. The van der Waals surface area contributed by atoms with Gasteiger partial charge in [-0.25, -0.2) is 0 Å². The van der Waals surface area contributed by atoms with E-state index in [1.807, 2.05) is 12.1 Å². The SMILES string of the molecule is COc1c2c(c(O)c3cc(CNC4CC4)ccc13)C(O)=C1C(=O)[C@]3(O)C(O)=C(C(N)=O)C(=O)[C@@H](N(C)C)[C@@H]3C[C@@H]1C2. The molecule has 4 aliphatic rings. The number of hydrogen-bond acceptors (Lipinski definition) is 10. The van der Waals surface area contributed by atoms with Crippen LogP contribution in [0.2, 0.25) is 0 Å². The molecular weight excluding hydrogens is 530 g/mol. The van der Waals surface area contributed by atoms with Crippen molar-refractivity contribution in [3.8, 4) is 11.5 Å². The van der Waals surface area contributed by atoms with E-state index in [1.54, 1.807) is 20.2 Å². The van der Waals surface area contributed by atoms with Crippen LogP contribution in [0, 0.1) is 11.8 Å². The first kappa shape index (κ1) is 27.3. The number of nitrogens with zero attached hydrogens (tertiary/aromatic N) is 1. The standard InChI is InChI=1S/C30H33N3O8/c1-33(2)22-18-10-13-9-17-20(24(35)19(13)27(37)30(18,40)28(38)21(25(22)36)29(31)39)23(34)16-8-12(11-32-14-5-6-14)4-7-15(16)26(17)41-3/h4,7-8,13-14,18,22,32,34-35,38,40H,5-6,9-11H2,1-3H3,(H2,31,39)/t13-,18-,22-,30-/m0/s1. The van der Waals surface area contributed by atoms with Gasteiger partial charge >= 0.3 is 0 Å². The highest BCUT2D eigenvalue weighted by Gasteiger charge is 2.64. The average Bonchev–Trinajstić information content (AvgIpc) is 3.74. The number of Topliss-reactive ketones (excluding diaryl/α,β-unsaturated/α-hetero) is 2. The van der Waals surface area contributed by atoms with Crippen molar-refractivity contribution in [2.24, 2.45) is 17.6 Å². The monoisotopic (exact) mass is 563 g/mol. The Morgan fingerprint density at radius 2 is 1.88 bits per heavy atom. The number of ether oxygens (including phenoxy) is 1. The number of primary amides is 1. The number of aromatic hydroxyl groups is 1. The van der Waals surface area contributed by atoms with Gasteiger partial charge in [0.1, 0.15) is 28.6 Å². The third-order valence-electron chi connectivity index (χ3n) is 9.09. The second-order valence-corrected chi connectivity index (χ2v) is 11.7. The van der Waals surface area contributed by atoms with E-state index in [4.69, 9.17) is 10.5 Å². The van der Waals surface area contributed by atoms with Crippen LogP contribution in [0.4, 0.5) is 0 Å². The number of hydrogen-bond donors (Lipinski definition) is 6. The number of carbonyl (C=O) groups excluding carboxylic acids is 3. The summed E-state index contributed by atoms with van der Waals surface area (Å²) in [5.74, 6) is -6.36. The summed E-state index contributed by atoms with van der Waals surface area (Å²) in [6.45, 7) is 0.598. The van der Waals surface area contributed by atoms with Gasteiger partial charge in [0.15, 0.2) is 11.4 Å². The largest absolute Gasteiger partial charge is 0.508 e. The average molecular weight is 564 g/mol. The third kappa shape index (κ3) is 3.79. The Morgan fingerprint density at radius 1 is 1.17 bits per heavy atom. The highest BCUT2D eigenvalue weighted by molar-refractivity contribution is 6.24. The second kappa shape index (κ2) is 9.30. The van der Waals surface area contributed by atoms with Gasteiger partial charge in [-0.2, -0.15) is 0 Å². The van der Waals surface area contributed by atoms with Crippen molar-refractivity contribution in [3.63, 3.8) is 0 Å². The van der Waals surface area contributed by atoms with Gasteiger partial charge < -0.3 is 36.2 Å². The van der Waals surface area contributed by atoms with Gasteiger partial charge in [0.25, 0.3) is 5.91 Å². The number of fused-ring (bicyclic) bond motifs is 4. The summed E-state index contributed by atoms with van der Waals surface area (Å²) in [6.07, 6.45) is 2.42. The highest BCUT2D eigenvalue weighted by atomic mass is 16.5. The maximum Gasteiger partial charge on any atom is 0.255 e. The van der Waals surface area contributed by atoms with E-state index in [2.05, 4.69) is 5.32 Å². The smallest absolute Gasteiger partial charge is 0.255 e. The maximum absolute atomic E-state index is 14.1. The molecule has 0 bridgehead atoms. The Labute approximate surface area is 235 Å². The molecule has 41 heavy (non-hydrogen) atoms. The zero-order valence-electron chi connectivity index (χ0n) is 23.0. The first-order valence-corrected chi connectivity index (χ1v) is 13.6. The van der Waals surface area contributed by atoms with Gasteiger partial charge in [-0.3, -0.25) is 19.3 Å². The first-order valence-electron chi connectivity index (χ1n) is 13.6. The fraction of sp³-hybridized carbons (Fsp3) is 0.433. The van der Waals surface area contributed by atoms with Crippen LogP contribution in [0.3, 0.4) is 0 Å². The third-order valence-corrected chi connectivity index (χ3v) is 9.09. The summed E-state index contributed by atoms with van der Waals surface area (Å²) in [4.78, 5) is 40.9. The highest BCUT2D eigenvalue weighted by Crippen LogP contribution is 2.55. The van der Waals surface area contributed by atoms with E-state index >= 15 is 0 Å². The zero-order valence-corrected chi connectivity index (χ0v) is 23.0. The second-order valence-electron chi connectivity index (χ2n) is 11.7. The summed E-state index contributed by atoms with van der Waals surface area (Å²) in [5.41, 5.74) is 3.10. The molecule has 4 atom stereocenters. The quantitative estimate of drug-likeness (QED) is 0.281. The molecule has 216 valence electrons. The predicted octanol–water partition coefficient (Wildman–Crippen LogP) is 1.38. The van der Waals surface area contributed by atoms with E-state index in [0.29, 0.717) is 34.7 Å². The number of phenols is 1. The molecule has 4 aliphatic carbocycles. The molecule has 0 saturated heterocycles. The van der Waals surface area contributed by atoms with E-state index in [-0.39, 0.29) is 29.7 Å². The number of carbonyl (C=O) groups is 3. The molecule has 11 nitrogen and oxygen atoms in total. The van der Waals surface area contributed by atoms with Crippen molar-refractivity contribution in [1.29, 1.82) is 0 Å². The Kier molecular flexibility index (Phi) is 6.18. The van der Waals surface area contributed by atoms with Crippen molar-refractivity contribution in [3.05, 3.63) is 51.8 Å². The summed E-state index contributed by atoms with van der Waals surface area (Å²) in [6, 6.07) is 4.96. The van der Waals surface area contributed by atoms with Gasteiger partial charge in [-0.1, -0.05) is 12.1 Å². The summed E-state index contributed by atoms with van der Waals surface area (Å²) in [7, 11) is 4.62. The molecule has 2 aromatic rings. The number of methoxy groups -OCH3 is 1. The molecule has 0 heterocycles. The molecule has 0 spiro atoms. The first-order chi connectivity index (χ1) is 19.4. The molecule has 2 fully saturated rings. The van der Waals surface area contributed by atoms with Crippen LogP contribution in [0.25, 0.3) is 16.5 Å².